The first-order chi connectivity index (χ1) is 11.4. The number of hydrogen-bond donors (Lipinski definition) is 1. The molecule has 0 saturated heterocycles. The molecule has 0 radical (unpaired) electrons. The molecule has 1 N–H and O–H groups in total. The molecule has 124 valence electrons. The summed E-state index contributed by atoms with van der Waals surface area (Å²) in [4.78, 5) is 24.7. The van der Waals surface area contributed by atoms with E-state index in [1.165, 1.54) is 0 Å². The molecule has 0 saturated carbocycles. The Labute approximate surface area is 141 Å². The third kappa shape index (κ3) is 3.02. The molecule has 2 heterocycles. The van der Waals surface area contributed by atoms with E-state index in [-0.39, 0.29) is 5.78 Å². The minimum Gasteiger partial charge on any atom is -0.494 e. The number of benzene rings is 1. The summed E-state index contributed by atoms with van der Waals surface area (Å²) in [5.41, 5.74) is 2.95. The Kier molecular flexibility index (Phi) is 4.09. The molecule has 0 aliphatic heterocycles. The lowest BCUT2D eigenvalue weighted by atomic mass is 9.87. The second-order valence-corrected chi connectivity index (χ2v) is 6.69. The Morgan fingerprint density at radius 1 is 1.29 bits per heavy atom. The number of aromatic amines is 1. The maximum absolute atomic E-state index is 12.6. The SMILES string of the molecule is CCOc1cccc(-c2cnc3[nH]cc(C(=O)C(C)(C)C)c3n2)c1. The molecule has 5 nitrogen and oxygen atoms in total. The molecule has 0 aliphatic carbocycles. The predicted molar refractivity (Wildman–Crippen MR) is 94.3 cm³/mol. The number of carbonyl (C=O) groups is 1. The zero-order valence-corrected chi connectivity index (χ0v) is 14.4. The van der Waals surface area contributed by atoms with Crippen molar-refractivity contribution in [2.45, 2.75) is 27.7 Å². The smallest absolute Gasteiger partial charge is 0.171 e. The summed E-state index contributed by atoms with van der Waals surface area (Å²) in [5.74, 6) is 0.834. The summed E-state index contributed by atoms with van der Waals surface area (Å²) < 4.78 is 5.54. The zero-order valence-electron chi connectivity index (χ0n) is 14.4. The largest absolute Gasteiger partial charge is 0.494 e. The lowest BCUT2D eigenvalue weighted by Gasteiger charge is -2.15. The number of fused-ring (bicyclic) bond motifs is 1. The molecule has 0 amide bonds. The van der Waals surface area contributed by atoms with E-state index < -0.39 is 5.41 Å². The Morgan fingerprint density at radius 3 is 2.79 bits per heavy atom. The van der Waals surface area contributed by atoms with Crippen molar-refractivity contribution in [3.8, 4) is 17.0 Å². The van der Waals surface area contributed by atoms with Crippen LogP contribution in [0.2, 0.25) is 0 Å². The molecular weight excluding hydrogens is 302 g/mol. The van der Waals surface area contributed by atoms with Crippen LogP contribution in [0.5, 0.6) is 5.75 Å². The summed E-state index contributed by atoms with van der Waals surface area (Å²) in [5, 5.41) is 0. The van der Waals surface area contributed by atoms with Gasteiger partial charge in [0.25, 0.3) is 0 Å². The highest BCUT2D eigenvalue weighted by atomic mass is 16.5. The number of ether oxygens (including phenoxy) is 1. The molecule has 5 heteroatoms. The van der Waals surface area contributed by atoms with Gasteiger partial charge in [-0.25, -0.2) is 9.97 Å². The van der Waals surface area contributed by atoms with E-state index in [1.54, 1.807) is 12.4 Å². The van der Waals surface area contributed by atoms with Crippen LogP contribution in [0.3, 0.4) is 0 Å². The van der Waals surface area contributed by atoms with Gasteiger partial charge in [0.2, 0.25) is 0 Å². The van der Waals surface area contributed by atoms with Gasteiger partial charge in [-0.15, -0.1) is 0 Å². The highest BCUT2D eigenvalue weighted by Crippen LogP contribution is 2.28. The van der Waals surface area contributed by atoms with E-state index in [1.807, 2.05) is 52.0 Å². The lowest BCUT2D eigenvalue weighted by molar-refractivity contribution is 0.0860. The van der Waals surface area contributed by atoms with Crippen molar-refractivity contribution in [1.29, 1.82) is 0 Å². The van der Waals surface area contributed by atoms with Gasteiger partial charge in [-0.2, -0.15) is 0 Å². The lowest BCUT2D eigenvalue weighted by Crippen LogP contribution is -2.20. The Bertz CT molecular complexity index is 891. The number of H-pyrrole nitrogens is 1. The molecule has 0 spiro atoms. The fraction of sp³-hybridized carbons (Fsp3) is 0.316. The second-order valence-electron chi connectivity index (χ2n) is 6.69. The van der Waals surface area contributed by atoms with E-state index in [4.69, 9.17) is 4.74 Å². The van der Waals surface area contributed by atoms with Crippen molar-refractivity contribution >= 4 is 16.9 Å². The third-order valence-electron chi connectivity index (χ3n) is 3.75. The fourth-order valence-electron chi connectivity index (χ4n) is 2.52. The topological polar surface area (TPSA) is 67.9 Å². The predicted octanol–water partition coefficient (Wildman–Crippen LogP) is 4.25. The monoisotopic (exact) mass is 323 g/mol. The molecule has 0 bridgehead atoms. The van der Waals surface area contributed by atoms with Crippen LogP contribution < -0.4 is 4.74 Å². The summed E-state index contributed by atoms with van der Waals surface area (Å²) in [6.45, 7) is 8.25. The van der Waals surface area contributed by atoms with Gasteiger partial charge < -0.3 is 9.72 Å². The van der Waals surface area contributed by atoms with Crippen LogP contribution in [-0.2, 0) is 0 Å². The number of nitrogens with one attached hydrogen (secondary N) is 1. The molecule has 2 aromatic heterocycles. The highest BCUT2D eigenvalue weighted by molar-refractivity contribution is 6.08. The van der Waals surface area contributed by atoms with Crippen molar-refractivity contribution in [3.63, 3.8) is 0 Å². The average Bonchev–Trinajstić information content (AvgIpc) is 2.96. The summed E-state index contributed by atoms with van der Waals surface area (Å²) >= 11 is 0. The van der Waals surface area contributed by atoms with Crippen LogP contribution in [0.1, 0.15) is 38.1 Å². The Morgan fingerprint density at radius 2 is 2.08 bits per heavy atom. The van der Waals surface area contributed by atoms with Crippen molar-refractivity contribution in [2.24, 2.45) is 5.41 Å². The number of rotatable bonds is 4. The highest BCUT2D eigenvalue weighted by Gasteiger charge is 2.26. The second kappa shape index (κ2) is 6.07. The molecule has 0 atom stereocenters. The minimum atomic E-state index is -0.471. The van der Waals surface area contributed by atoms with E-state index >= 15 is 0 Å². The number of carbonyl (C=O) groups excluding carboxylic acids is 1. The van der Waals surface area contributed by atoms with Gasteiger partial charge in [-0.3, -0.25) is 4.79 Å². The average molecular weight is 323 g/mol. The van der Waals surface area contributed by atoms with Crippen molar-refractivity contribution in [2.75, 3.05) is 6.61 Å². The van der Waals surface area contributed by atoms with Gasteiger partial charge in [0.05, 0.1) is 24.1 Å². The van der Waals surface area contributed by atoms with E-state index in [0.29, 0.717) is 29.0 Å². The maximum Gasteiger partial charge on any atom is 0.171 e. The number of nitrogens with zero attached hydrogens (tertiary/aromatic N) is 2. The molecule has 0 aliphatic rings. The van der Waals surface area contributed by atoms with E-state index in [0.717, 1.165) is 11.3 Å². The van der Waals surface area contributed by atoms with Crippen molar-refractivity contribution in [3.05, 3.63) is 42.2 Å². The van der Waals surface area contributed by atoms with Crippen LogP contribution >= 0.6 is 0 Å². The number of Topliss-reactive ketones (excluding diaryl/α,β-unsaturated/α-hetero) is 1. The van der Waals surface area contributed by atoms with Crippen LogP contribution in [0.15, 0.2) is 36.7 Å². The normalized spacial score (nSPS) is 11.7. The molecular formula is C19H21N3O2. The molecule has 0 unspecified atom stereocenters. The minimum absolute atomic E-state index is 0.0447. The molecule has 24 heavy (non-hydrogen) atoms. The first kappa shape index (κ1) is 16.2. The first-order valence-electron chi connectivity index (χ1n) is 8.02. The first-order valence-corrected chi connectivity index (χ1v) is 8.02. The van der Waals surface area contributed by atoms with Crippen molar-refractivity contribution in [1.82, 2.24) is 15.0 Å². The van der Waals surface area contributed by atoms with Crippen LogP contribution in [0, 0.1) is 5.41 Å². The van der Waals surface area contributed by atoms with Gasteiger partial charge in [0.15, 0.2) is 11.4 Å². The van der Waals surface area contributed by atoms with Gasteiger partial charge in [-0.1, -0.05) is 32.9 Å². The van der Waals surface area contributed by atoms with Gasteiger partial charge in [0.1, 0.15) is 11.3 Å². The summed E-state index contributed by atoms with van der Waals surface area (Å²) in [6, 6.07) is 7.71. The zero-order chi connectivity index (χ0) is 17.3. The quantitative estimate of drug-likeness (QED) is 0.729. The standard InChI is InChI=1S/C19H21N3O2/c1-5-24-13-8-6-7-12(9-13)15-11-21-18-16(22-15)14(10-20-18)17(23)19(2,3)4/h6-11H,5H2,1-4H3,(H,20,21). The Balaban J connectivity index is 2.08. The molecule has 0 fully saturated rings. The van der Waals surface area contributed by atoms with E-state index in [9.17, 15) is 4.79 Å². The fourth-order valence-corrected chi connectivity index (χ4v) is 2.52. The maximum atomic E-state index is 12.6. The van der Waals surface area contributed by atoms with Crippen LogP contribution in [-0.4, -0.2) is 27.3 Å². The molecule has 3 rings (SSSR count). The van der Waals surface area contributed by atoms with Gasteiger partial charge in [0, 0.05) is 17.2 Å². The number of ketones is 1. The van der Waals surface area contributed by atoms with Crippen LogP contribution in [0.4, 0.5) is 0 Å². The molecule has 3 aromatic rings. The van der Waals surface area contributed by atoms with Gasteiger partial charge in [-0.05, 0) is 19.1 Å². The van der Waals surface area contributed by atoms with E-state index in [2.05, 4.69) is 15.0 Å². The molecule has 1 aromatic carbocycles. The summed E-state index contributed by atoms with van der Waals surface area (Å²) in [6.07, 6.45) is 3.40. The summed E-state index contributed by atoms with van der Waals surface area (Å²) in [7, 11) is 0. The third-order valence-corrected chi connectivity index (χ3v) is 3.75. The van der Waals surface area contributed by atoms with Crippen LogP contribution in [0.25, 0.3) is 22.4 Å². The van der Waals surface area contributed by atoms with Gasteiger partial charge >= 0.3 is 0 Å². The van der Waals surface area contributed by atoms with Crippen molar-refractivity contribution < 1.29 is 9.53 Å². The Hall–Kier alpha value is -2.69. The number of aromatic nitrogens is 3. The number of hydrogen-bond acceptors (Lipinski definition) is 4.